The zero-order chi connectivity index (χ0) is 10.9. The van der Waals surface area contributed by atoms with E-state index in [0.29, 0.717) is 6.54 Å². The maximum Gasteiger partial charge on any atom is 0.328 e. The highest BCUT2D eigenvalue weighted by Gasteiger charge is 1.91. The van der Waals surface area contributed by atoms with Gasteiger partial charge in [0.15, 0.2) is 0 Å². The van der Waals surface area contributed by atoms with Crippen molar-refractivity contribution in [3.8, 4) is 0 Å². The Bertz CT molecular complexity index is 308. The molecule has 6 heteroatoms. The van der Waals surface area contributed by atoms with Crippen molar-refractivity contribution in [3.05, 3.63) is 24.5 Å². The largest absolute Gasteiger partial charge is 0.478 e. The summed E-state index contributed by atoms with van der Waals surface area (Å²) in [5.41, 5.74) is 0. The molecule has 0 spiro atoms. The van der Waals surface area contributed by atoms with Crippen LogP contribution in [0.5, 0.6) is 0 Å². The van der Waals surface area contributed by atoms with Crippen molar-refractivity contribution >= 4 is 5.97 Å². The second kappa shape index (κ2) is 6.72. The lowest BCUT2D eigenvalue weighted by Gasteiger charge is -2.01. The molecule has 0 atom stereocenters. The molecule has 0 aliphatic rings. The van der Waals surface area contributed by atoms with E-state index < -0.39 is 5.97 Å². The van der Waals surface area contributed by atoms with E-state index in [1.165, 1.54) is 0 Å². The first kappa shape index (κ1) is 11.4. The number of aromatic nitrogens is 3. The summed E-state index contributed by atoms with van der Waals surface area (Å²) < 4.78 is 1.76. The number of nitrogens with zero attached hydrogens (tertiary/aromatic N) is 3. The number of aliphatic carboxylic acids is 1. The van der Waals surface area contributed by atoms with E-state index in [2.05, 4.69) is 15.6 Å². The molecule has 1 heterocycles. The van der Waals surface area contributed by atoms with Gasteiger partial charge in [-0.3, -0.25) is 4.68 Å². The monoisotopic (exact) mass is 210 g/mol. The van der Waals surface area contributed by atoms with E-state index in [0.717, 1.165) is 25.6 Å². The van der Waals surface area contributed by atoms with Gasteiger partial charge < -0.3 is 10.4 Å². The van der Waals surface area contributed by atoms with Crippen molar-refractivity contribution < 1.29 is 9.90 Å². The van der Waals surface area contributed by atoms with Gasteiger partial charge in [0.25, 0.3) is 0 Å². The number of rotatable bonds is 7. The maximum absolute atomic E-state index is 10.1. The van der Waals surface area contributed by atoms with E-state index in [1.807, 2.05) is 6.20 Å². The van der Waals surface area contributed by atoms with Crippen LogP contribution in [-0.4, -0.2) is 39.2 Å². The molecule has 1 rings (SSSR count). The summed E-state index contributed by atoms with van der Waals surface area (Å²) in [4.78, 5) is 10.1. The van der Waals surface area contributed by atoms with Crippen LogP contribution in [0.1, 0.15) is 6.42 Å². The summed E-state index contributed by atoms with van der Waals surface area (Å²) in [6.45, 7) is 2.21. The Morgan fingerprint density at radius 2 is 2.47 bits per heavy atom. The van der Waals surface area contributed by atoms with Crippen LogP contribution in [0.25, 0.3) is 0 Å². The molecule has 0 saturated carbocycles. The molecule has 1 aromatic rings. The number of carboxylic acids is 1. The van der Waals surface area contributed by atoms with Crippen LogP contribution in [0.15, 0.2) is 24.5 Å². The quantitative estimate of drug-likeness (QED) is 0.485. The minimum absolute atomic E-state index is 0.573. The first-order chi connectivity index (χ1) is 7.29. The van der Waals surface area contributed by atoms with Crippen LogP contribution < -0.4 is 5.32 Å². The molecule has 1 aromatic heterocycles. The van der Waals surface area contributed by atoms with Gasteiger partial charge in [-0.05, 0) is 13.0 Å². The van der Waals surface area contributed by atoms with Crippen molar-refractivity contribution in [2.45, 2.75) is 13.0 Å². The van der Waals surface area contributed by atoms with Gasteiger partial charge in [-0.1, -0.05) is 11.3 Å². The molecule has 82 valence electrons. The average Bonchev–Trinajstić information content (AvgIpc) is 2.68. The number of hydrogen-bond donors (Lipinski definition) is 2. The minimum Gasteiger partial charge on any atom is -0.478 e. The van der Waals surface area contributed by atoms with Crippen molar-refractivity contribution in [3.63, 3.8) is 0 Å². The second-order valence-corrected chi connectivity index (χ2v) is 2.96. The highest BCUT2D eigenvalue weighted by Crippen LogP contribution is 1.85. The third kappa shape index (κ3) is 5.58. The van der Waals surface area contributed by atoms with Crippen LogP contribution in [-0.2, 0) is 11.3 Å². The fourth-order valence-electron chi connectivity index (χ4n) is 1.06. The molecule has 0 saturated heterocycles. The lowest BCUT2D eigenvalue weighted by molar-refractivity contribution is -0.131. The Labute approximate surface area is 87.6 Å². The Balaban J connectivity index is 1.96. The highest BCUT2D eigenvalue weighted by atomic mass is 16.4. The van der Waals surface area contributed by atoms with Gasteiger partial charge in [0.2, 0.25) is 0 Å². The Morgan fingerprint density at radius 3 is 3.13 bits per heavy atom. The van der Waals surface area contributed by atoms with Gasteiger partial charge in [0.1, 0.15) is 0 Å². The van der Waals surface area contributed by atoms with Gasteiger partial charge in [-0.25, -0.2) is 4.79 Å². The summed E-state index contributed by atoms with van der Waals surface area (Å²) in [6, 6.07) is 0. The first-order valence-corrected chi connectivity index (χ1v) is 4.73. The standard InChI is InChI=1S/C9H14N4O2/c14-9(15)3-1-4-10-5-2-7-13-8-6-11-12-13/h1,3,6,8,10H,2,4-5,7H2,(H,14,15)/b3-1+. The van der Waals surface area contributed by atoms with Gasteiger partial charge in [0.05, 0.1) is 6.20 Å². The molecule has 0 fully saturated rings. The van der Waals surface area contributed by atoms with Crippen molar-refractivity contribution in [1.82, 2.24) is 20.3 Å². The summed E-state index contributed by atoms with van der Waals surface area (Å²) in [5.74, 6) is -0.917. The molecular formula is C9H14N4O2. The number of aryl methyl sites for hydroxylation is 1. The molecule has 6 nitrogen and oxygen atoms in total. The smallest absolute Gasteiger partial charge is 0.328 e. The zero-order valence-corrected chi connectivity index (χ0v) is 8.33. The van der Waals surface area contributed by atoms with Gasteiger partial charge in [-0.2, -0.15) is 0 Å². The molecular weight excluding hydrogens is 196 g/mol. The SMILES string of the molecule is O=C(O)/C=C/CNCCCn1ccnn1. The lowest BCUT2D eigenvalue weighted by atomic mass is 10.4. The van der Waals surface area contributed by atoms with Crippen LogP contribution in [0.2, 0.25) is 0 Å². The van der Waals surface area contributed by atoms with E-state index in [4.69, 9.17) is 5.11 Å². The molecule has 0 aliphatic carbocycles. The van der Waals surface area contributed by atoms with E-state index >= 15 is 0 Å². The van der Waals surface area contributed by atoms with E-state index in [1.54, 1.807) is 17.0 Å². The summed E-state index contributed by atoms with van der Waals surface area (Å²) in [6.07, 6.45) is 7.10. The zero-order valence-electron chi connectivity index (χ0n) is 8.33. The first-order valence-electron chi connectivity index (χ1n) is 4.73. The molecule has 0 unspecified atom stereocenters. The van der Waals surface area contributed by atoms with Crippen LogP contribution in [0.3, 0.4) is 0 Å². The van der Waals surface area contributed by atoms with E-state index in [-0.39, 0.29) is 0 Å². The number of hydrogen-bond acceptors (Lipinski definition) is 4. The number of carboxylic acid groups (broad SMARTS) is 1. The fraction of sp³-hybridized carbons (Fsp3) is 0.444. The average molecular weight is 210 g/mol. The number of nitrogens with one attached hydrogen (secondary N) is 1. The minimum atomic E-state index is -0.917. The fourth-order valence-corrected chi connectivity index (χ4v) is 1.06. The summed E-state index contributed by atoms with van der Waals surface area (Å²) in [5, 5.41) is 18.9. The molecule has 2 N–H and O–H groups in total. The normalized spacial score (nSPS) is 10.9. The lowest BCUT2D eigenvalue weighted by Crippen LogP contribution is -2.17. The van der Waals surface area contributed by atoms with Crippen molar-refractivity contribution in [1.29, 1.82) is 0 Å². The maximum atomic E-state index is 10.1. The Kier molecular flexibility index (Phi) is 5.10. The van der Waals surface area contributed by atoms with Crippen LogP contribution in [0.4, 0.5) is 0 Å². The van der Waals surface area contributed by atoms with E-state index in [9.17, 15) is 4.79 Å². The van der Waals surface area contributed by atoms with Gasteiger partial charge in [-0.15, -0.1) is 5.10 Å². The highest BCUT2D eigenvalue weighted by molar-refractivity contribution is 5.79. The number of carbonyl (C=O) groups is 1. The Hall–Kier alpha value is -1.69. The van der Waals surface area contributed by atoms with Gasteiger partial charge in [0, 0.05) is 25.4 Å². The predicted molar refractivity (Wildman–Crippen MR) is 54.3 cm³/mol. The molecule has 0 bridgehead atoms. The van der Waals surface area contributed by atoms with Crippen LogP contribution >= 0.6 is 0 Å². The molecule has 15 heavy (non-hydrogen) atoms. The van der Waals surface area contributed by atoms with Crippen molar-refractivity contribution in [2.24, 2.45) is 0 Å². The predicted octanol–water partition coefficient (Wildman–Crippen LogP) is -0.101. The topological polar surface area (TPSA) is 80.0 Å². The summed E-state index contributed by atoms with van der Waals surface area (Å²) in [7, 11) is 0. The second-order valence-electron chi connectivity index (χ2n) is 2.96. The summed E-state index contributed by atoms with van der Waals surface area (Å²) >= 11 is 0. The van der Waals surface area contributed by atoms with Crippen molar-refractivity contribution in [2.75, 3.05) is 13.1 Å². The molecule has 0 aliphatic heterocycles. The molecule has 0 amide bonds. The molecule has 0 radical (unpaired) electrons. The molecule has 0 aromatic carbocycles. The Morgan fingerprint density at radius 1 is 1.60 bits per heavy atom. The van der Waals surface area contributed by atoms with Crippen LogP contribution in [0, 0.1) is 0 Å². The van der Waals surface area contributed by atoms with Gasteiger partial charge >= 0.3 is 5.97 Å². The third-order valence-corrected chi connectivity index (χ3v) is 1.74. The third-order valence-electron chi connectivity index (χ3n) is 1.74.